The van der Waals surface area contributed by atoms with Gasteiger partial charge in [0, 0.05) is 13.0 Å². The Labute approximate surface area is 87.4 Å². The lowest BCUT2D eigenvalue weighted by Crippen LogP contribution is -2.29. The summed E-state index contributed by atoms with van der Waals surface area (Å²) in [7, 11) is 0. The zero-order valence-electron chi connectivity index (χ0n) is 9.75. The molecule has 0 aromatic heterocycles. The first kappa shape index (κ1) is 11.5. The molecule has 0 aliphatic carbocycles. The average molecular weight is 199 g/mol. The molecule has 0 saturated carbocycles. The number of ether oxygens (including phenoxy) is 1. The van der Waals surface area contributed by atoms with Crippen molar-refractivity contribution < 1.29 is 9.31 Å². The lowest BCUT2D eigenvalue weighted by Gasteiger charge is -2.10. The van der Waals surface area contributed by atoms with Crippen LogP contribution >= 0.6 is 0 Å². The van der Waals surface area contributed by atoms with E-state index in [1.54, 1.807) is 0 Å². The Hall–Kier alpha value is -0.570. The molecule has 0 N–H and O–H groups in total. The van der Waals surface area contributed by atoms with Crippen molar-refractivity contribution in [2.75, 3.05) is 33.0 Å². The van der Waals surface area contributed by atoms with E-state index in [9.17, 15) is 0 Å². The molecular formula is C11H23N2O+. The van der Waals surface area contributed by atoms with Gasteiger partial charge in [-0.25, -0.2) is 4.58 Å². The SMILES string of the molecule is CCCC1=[N+](COCC)CCN1CC. The van der Waals surface area contributed by atoms with Crippen molar-refractivity contribution in [1.29, 1.82) is 0 Å². The number of likely N-dealkylation sites (N-methyl/N-ethyl adjacent to an activating group) is 1. The van der Waals surface area contributed by atoms with E-state index in [0.717, 1.165) is 26.4 Å². The summed E-state index contributed by atoms with van der Waals surface area (Å²) in [4.78, 5) is 2.46. The Morgan fingerprint density at radius 1 is 1.36 bits per heavy atom. The van der Waals surface area contributed by atoms with E-state index in [1.807, 2.05) is 6.92 Å². The van der Waals surface area contributed by atoms with Crippen LogP contribution in [0.5, 0.6) is 0 Å². The molecule has 14 heavy (non-hydrogen) atoms. The smallest absolute Gasteiger partial charge is 0.248 e. The molecule has 0 spiro atoms. The molecule has 82 valence electrons. The van der Waals surface area contributed by atoms with Crippen LogP contribution in [0.1, 0.15) is 33.6 Å². The maximum absolute atomic E-state index is 5.47. The van der Waals surface area contributed by atoms with Crippen LogP contribution in [0.15, 0.2) is 0 Å². The molecule has 0 atom stereocenters. The van der Waals surface area contributed by atoms with Crippen molar-refractivity contribution in [3.8, 4) is 0 Å². The topological polar surface area (TPSA) is 15.5 Å². The summed E-state index contributed by atoms with van der Waals surface area (Å²) < 4.78 is 7.84. The van der Waals surface area contributed by atoms with E-state index in [0.29, 0.717) is 0 Å². The lowest BCUT2D eigenvalue weighted by atomic mass is 10.3. The van der Waals surface area contributed by atoms with Crippen LogP contribution in [0.25, 0.3) is 0 Å². The Morgan fingerprint density at radius 2 is 2.14 bits per heavy atom. The molecule has 0 aromatic carbocycles. The first-order valence-electron chi connectivity index (χ1n) is 5.76. The van der Waals surface area contributed by atoms with Gasteiger partial charge in [0.25, 0.3) is 0 Å². The molecule has 0 saturated heterocycles. The van der Waals surface area contributed by atoms with Crippen LogP contribution in [0, 0.1) is 0 Å². The fraction of sp³-hybridized carbons (Fsp3) is 0.909. The van der Waals surface area contributed by atoms with E-state index in [4.69, 9.17) is 4.74 Å². The Balaban J connectivity index is 2.59. The second-order valence-corrected chi connectivity index (χ2v) is 3.63. The van der Waals surface area contributed by atoms with Gasteiger partial charge in [0.15, 0.2) is 6.73 Å². The fourth-order valence-electron chi connectivity index (χ4n) is 1.92. The second kappa shape index (κ2) is 6.02. The van der Waals surface area contributed by atoms with Gasteiger partial charge in [-0.05, 0) is 20.3 Å². The summed E-state index contributed by atoms with van der Waals surface area (Å²) in [6.45, 7) is 11.5. The molecule has 3 nitrogen and oxygen atoms in total. The number of amidine groups is 1. The third-order valence-corrected chi connectivity index (χ3v) is 2.68. The van der Waals surface area contributed by atoms with Gasteiger partial charge in [0.05, 0.1) is 6.54 Å². The highest BCUT2D eigenvalue weighted by Crippen LogP contribution is 2.06. The highest BCUT2D eigenvalue weighted by atomic mass is 16.5. The molecule has 3 heteroatoms. The molecule has 1 aliphatic rings. The molecule has 0 aromatic rings. The van der Waals surface area contributed by atoms with Crippen molar-refractivity contribution in [3.63, 3.8) is 0 Å². The van der Waals surface area contributed by atoms with E-state index in [2.05, 4.69) is 23.3 Å². The van der Waals surface area contributed by atoms with E-state index >= 15 is 0 Å². The predicted molar refractivity (Wildman–Crippen MR) is 58.8 cm³/mol. The highest BCUT2D eigenvalue weighted by molar-refractivity contribution is 5.78. The van der Waals surface area contributed by atoms with Crippen molar-refractivity contribution in [2.24, 2.45) is 0 Å². The van der Waals surface area contributed by atoms with Crippen LogP contribution in [0.4, 0.5) is 0 Å². The fourth-order valence-corrected chi connectivity index (χ4v) is 1.92. The standard InChI is InChI=1S/C11H23N2O/c1-4-7-11-12(5-2)8-9-13(11)10-14-6-3/h4-10H2,1-3H3/q+1. The monoisotopic (exact) mass is 199 g/mol. The van der Waals surface area contributed by atoms with E-state index in [-0.39, 0.29) is 0 Å². The zero-order chi connectivity index (χ0) is 10.4. The molecule has 0 amide bonds. The van der Waals surface area contributed by atoms with Gasteiger partial charge in [-0.3, -0.25) is 4.90 Å². The van der Waals surface area contributed by atoms with Crippen LogP contribution in [-0.4, -0.2) is 48.3 Å². The number of rotatable bonds is 6. The third-order valence-electron chi connectivity index (χ3n) is 2.68. The number of hydrogen-bond acceptors (Lipinski definition) is 2. The minimum atomic E-state index is 0.766. The van der Waals surface area contributed by atoms with E-state index in [1.165, 1.54) is 25.2 Å². The average Bonchev–Trinajstić information content (AvgIpc) is 2.58. The van der Waals surface area contributed by atoms with Crippen molar-refractivity contribution in [1.82, 2.24) is 4.90 Å². The van der Waals surface area contributed by atoms with Gasteiger partial charge in [-0.1, -0.05) is 6.92 Å². The normalized spacial score (nSPS) is 16.9. The second-order valence-electron chi connectivity index (χ2n) is 3.63. The van der Waals surface area contributed by atoms with Gasteiger partial charge in [0.2, 0.25) is 5.84 Å². The molecule has 0 radical (unpaired) electrons. The van der Waals surface area contributed by atoms with Crippen molar-refractivity contribution in [3.05, 3.63) is 0 Å². The summed E-state index contributed by atoms with van der Waals surface area (Å²) in [5.41, 5.74) is 0. The van der Waals surface area contributed by atoms with Crippen molar-refractivity contribution >= 4 is 5.84 Å². The van der Waals surface area contributed by atoms with Gasteiger partial charge in [-0.2, -0.15) is 0 Å². The quantitative estimate of drug-likeness (QED) is 0.603. The van der Waals surface area contributed by atoms with Crippen LogP contribution in [0.2, 0.25) is 0 Å². The van der Waals surface area contributed by atoms with Crippen LogP contribution in [0.3, 0.4) is 0 Å². The Bertz CT molecular complexity index is 201. The lowest BCUT2D eigenvalue weighted by molar-refractivity contribution is -0.560. The van der Waals surface area contributed by atoms with Crippen LogP contribution < -0.4 is 0 Å². The summed E-state index contributed by atoms with van der Waals surface area (Å²) >= 11 is 0. The highest BCUT2D eigenvalue weighted by Gasteiger charge is 2.27. The first-order chi connectivity index (χ1) is 6.83. The Morgan fingerprint density at radius 3 is 2.71 bits per heavy atom. The summed E-state index contributed by atoms with van der Waals surface area (Å²) in [5.74, 6) is 1.48. The zero-order valence-corrected chi connectivity index (χ0v) is 9.75. The molecule has 0 unspecified atom stereocenters. The molecule has 1 rings (SSSR count). The summed E-state index contributed by atoms with van der Waals surface area (Å²) in [6.07, 6.45) is 2.40. The predicted octanol–water partition coefficient (Wildman–Crippen LogP) is 1.53. The number of nitrogens with zero attached hydrogens (tertiary/aromatic N) is 2. The molecule has 1 aliphatic heterocycles. The minimum absolute atomic E-state index is 0.766. The number of hydrogen-bond donors (Lipinski definition) is 0. The largest absolute Gasteiger partial charge is 0.342 e. The van der Waals surface area contributed by atoms with Gasteiger partial charge < -0.3 is 4.74 Å². The molecule has 1 heterocycles. The maximum atomic E-state index is 5.47. The minimum Gasteiger partial charge on any atom is -0.342 e. The Kier molecular flexibility index (Phi) is 4.94. The summed E-state index contributed by atoms with van der Waals surface area (Å²) in [6, 6.07) is 0. The van der Waals surface area contributed by atoms with Crippen LogP contribution in [-0.2, 0) is 4.74 Å². The molecule has 0 fully saturated rings. The summed E-state index contributed by atoms with van der Waals surface area (Å²) in [5, 5.41) is 0. The first-order valence-corrected chi connectivity index (χ1v) is 5.76. The molecular weight excluding hydrogens is 176 g/mol. The third kappa shape index (κ3) is 2.71. The van der Waals surface area contributed by atoms with Gasteiger partial charge in [-0.15, -0.1) is 0 Å². The van der Waals surface area contributed by atoms with Crippen molar-refractivity contribution in [2.45, 2.75) is 33.6 Å². The van der Waals surface area contributed by atoms with Gasteiger partial charge >= 0.3 is 0 Å². The van der Waals surface area contributed by atoms with Gasteiger partial charge in [0.1, 0.15) is 13.1 Å². The van der Waals surface area contributed by atoms with E-state index < -0.39 is 0 Å². The molecule has 0 bridgehead atoms. The maximum Gasteiger partial charge on any atom is 0.248 e.